The molecule has 0 saturated carbocycles. The molecular weight excluding hydrogens is 300 g/mol. The van der Waals surface area contributed by atoms with Crippen LogP contribution in [0.15, 0.2) is 53.9 Å². The van der Waals surface area contributed by atoms with Crippen LogP contribution in [0.2, 0.25) is 0 Å². The van der Waals surface area contributed by atoms with E-state index in [1.165, 1.54) is 11.8 Å². The molecule has 0 aliphatic rings. The lowest BCUT2D eigenvalue weighted by Gasteiger charge is -2.00. The Morgan fingerprint density at radius 3 is 2.68 bits per heavy atom. The zero-order valence-corrected chi connectivity index (χ0v) is 12.2. The second-order valence-corrected chi connectivity index (χ2v) is 5.18. The maximum absolute atomic E-state index is 11.8. The first-order valence-corrected chi connectivity index (χ1v) is 7.47. The number of anilines is 1. The van der Waals surface area contributed by atoms with Crippen molar-refractivity contribution in [1.82, 2.24) is 25.1 Å². The standard InChI is InChI=1S/C14H12N6OS/c21-11(17-13-15-7-4-8-16-13)9-22-14-18-12(19-20-14)10-5-2-1-3-6-10/h1-8H,9H2,(H,18,19,20)(H,15,16,17,21). The van der Waals surface area contributed by atoms with E-state index in [9.17, 15) is 4.79 Å². The molecule has 0 unspecified atom stereocenters. The van der Waals surface area contributed by atoms with Gasteiger partial charge in [0.1, 0.15) is 0 Å². The number of nitrogens with zero attached hydrogens (tertiary/aromatic N) is 4. The summed E-state index contributed by atoms with van der Waals surface area (Å²) in [6.07, 6.45) is 3.13. The zero-order valence-electron chi connectivity index (χ0n) is 11.4. The van der Waals surface area contributed by atoms with E-state index in [0.29, 0.717) is 11.0 Å². The fourth-order valence-electron chi connectivity index (χ4n) is 1.69. The Kier molecular flexibility index (Phi) is 4.40. The smallest absolute Gasteiger partial charge is 0.237 e. The molecule has 110 valence electrons. The van der Waals surface area contributed by atoms with E-state index in [0.717, 1.165) is 5.56 Å². The summed E-state index contributed by atoms with van der Waals surface area (Å²) >= 11 is 1.24. The number of carbonyl (C=O) groups excluding carboxylic acids is 1. The third-order valence-electron chi connectivity index (χ3n) is 2.66. The molecule has 2 N–H and O–H groups in total. The summed E-state index contributed by atoms with van der Waals surface area (Å²) in [7, 11) is 0. The Morgan fingerprint density at radius 2 is 1.91 bits per heavy atom. The van der Waals surface area contributed by atoms with Crippen LogP contribution in [0.25, 0.3) is 11.4 Å². The Balaban J connectivity index is 1.56. The van der Waals surface area contributed by atoms with E-state index >= 15 is 0 Å². The predicted molar refractivity (Wildman–Crippen MR) is 83.2 cm³/mol. The number of H-pyrrole nitrogens is 1. The molecule has 0 fully saturated rings. The lowest BCUT2D eigenvalue weighted by Crippen LogP contribution is -2.15. The molecule has 3 aromatic rings. The van der Waals surface area contributed by atoms with E-state index < -0.39 is 0 Å². The minimum atomic E-state index is -0.206. The van der Waals surface area contributed by atoms with Crippen molar-refractivity contribution in [2.75, 3.05) is 11.1 Å². The summed E-state index contributed by atoms with van der Waals surface area (Å²) < 4.78 is 0. The molecule has 2 heterocycles. The SMILES string of the molecule is O=C(CSc1n[nH]c(-c2ccccc2)n1)Nc1ncccn1. The minimum absolute atomic E-state index is 0.185. The van der Waals surface area contributed by atoms with E-state index in [1.54, 1.807) is 18.5 Å². The highest BCUT2D eigenvalue weighted by Crippen LogP contribution is 2.18. The Hall–Kier alpha value is -2.74. The van der Waals surface area contributed by atoms with E-state index in [4.69, 9.17) is 0 Å². The van der Waals surface area contributed by atoms with Crippen LogP contribution in [0, 0.1) is 0 Å². The van der Waals surface area contributed by atoms with E-state index in [-0.39, 0.29) is 17.6 Å². The number of carbonyl (C=O) groups is 1. The van der Waals surface area contributed by atoms with Crippen LogP contribution in [-0.2, 0) is 4.79 Å². The molecular formula is C14H12N6OS. The molecule has 0 aliphatic carbocycles. The van der Waals surface area contributed by atoms with Crippen LogP contribution in [0.1, 0.15) is 0 Å². The first-order valence-electron chi connectivity index (χ1n) is 6.49. The number of amides is 1. The maximum Gasteiger partial charge on any atom is 0.237 e. The van der Waals surface area contributed by atoms with E-state index in [1.807, 2.05) is 30.3 Å². The lowest BCUT2D eigenvalue weighted by atomic mass is 10.2. The van der Waals surface area contributed by atoms with Gasteiger partial charge in [-0.3, -0.25) is 15.2 Å². The third kappa shape index (κ3) is 3.67. The van der Waals surface area contributed by atoms with Gasteiger partial charge in [-0.05, 0) is 6.07 Å². The van der Waals surface area contributed by atoms with Crippen molar-refractivity contribution < 1.29 is 4.79 Å². The van der Waals surface area contributed by atoms with Gasteiger partial charge in [-0.1, -0.05) is 42.1 Å². The van der Waals surface area contributed by atoms with Crippen molar-refractivity contribution in [2.24, 2.45) is 0 Å². The number of nitrogens with one attached hydrogen (secondary N) is 2. The maximum atomic E-state index is 11.8. The van der Waals surface area contributed by atoms with Crippen LogP contribution in [0.5, 0.6) is 0 Å². The van der Waals surface area contributed by atoms with Crippen molar-refractivity contribution in [3.8, 4) is 11.4 Å². The van der Waals surface area contributed by atoms with E-state index in [2.05, 4.69) is 30.5 Å². The molecule has 8 heteroatoms. The molecule has 0 saturated heterocycles. The third-order valence-corrected chi connectivity index (χ3v) is 3.51. The van der Waals surface area contributed by atoms with Crippen LogP contribution in [0.4, 0.5) is 5.95 Å². The largest absolute Gasteiger partial charge is 0.294 e. The number of hydrogen-bond donors (Lipinski definition) is 2. The molecule has 0 radical (unpaired) electrons. The number of thioether (sulfide) groups is 1. The van der Waals surface area contributed by atoms with Crippen LogP contribution in [-0.4, -0.2) is 36.8 Å². The van der Waals surface area contributed by atoms with Crippen molar-refractivity contribution in [3.05, 3.63) is 48.8 Å². The molecule has 1 aromatic carbocycles. The Bertz CT molecular complexity index is 746. The molecule has 22 heavy (non-hydrogen) atoms. The van der Waals surface area contributed by atoms with Crippen molar-refractivity contribution in [2.45, 2.75) is 5.16 Å². The molecule has 0 aliphatic heterocycles. The van der Waals surface area contributed by atoms with Gasteiger partial charge in [0.05, 0.1) is 5.75 Å². The fraction of sp³-hybridized carbons (Fsp3) is 0.0714. The minimum Gasteiger partial charge on any atom is -0.294 e. The zero-order chi connectivity index (χ0) is 15.2. The second kappa shape index (κ2) is 6.81. The van der Waals surface area contributed by atoms with Crippen LogP contribution < -0.4 is 5.32 Å². The normalized spacial score (nSPS) is 10.4. The second-order valence-electron chi connectivity index (χ2n) is 4.24. The van der Waals surface area contributed by atoms with Crippen LogP contribution >= 0.6 is 11.8 Å². The number of aromatic amines is 1. The monoisotopic (exact) mass is 312 g/mol. The molecule has 3 rings (SSSR count). The van der Waals surface area contributed by atoms with Gasteiger partial charge in [-0.25, -0.2) is 15.0 Å². The number of rotatable bonds is 5. The quantitative estimate of drug-likeness (QED) is 0.699. The summed E-state index contributed by atoms with van der Waals surface area (Å²) in [6.45, 7) is 0. The summed E-state index contributed by atoms with van der Waals surface area (Å²) in [4.78, 5) is 24.0. The molecule has 7 nitrogen and oxygen atoms in total. The van der Waals surface area contributed by atoms with Gasteiger partial charge in [0, 0.05) is 18.0 Å². The Labute approximate surface area is 130 Å². The van der Waals surface area contributed by atoms with Crippen molar-refractivity contribution in [3.63, 3.8) is 0 Å². The topological polar surface area (TPSA) is 96.5 Å². The van der Waals surface area contributed by atoms with Gasteiger partial charge in [-0.15, -0.1) is 5.10 Å². The highest BCUT2D eigenvalue weighted by Gasteiger charge is 2.09. The van der Waals surface area contributed by atoms with Gasteiger partial charge in [-0.2, -0.15) is 0 Å². The molecule has 0 atom stereocenters. The number of benzene rings is 1. The molecule has 1 amide bonds. The Morgan fingerprint density at radius 1 is 1.14 bits per heavy atom. The van der Waals surface area contributed by atoms with Crippen molar-refractivity contribution in [1.29, 1.82) is 0 Å². The highest BCUT2D eigenvalue weighted by molar-refractivity contribution is 7.99. The predicted octanol–water partition coefficient (Wildman–Crippen LogP) is 1.99. The van der Waals surface area contributed by atoms with Gasteiger partial charge in [0.25, 0.3) is 0 Å². The van der Waals surface area contributed by atoms with Gasteiger partial charge >= 0.3 is 0 Å². The summed E-state index contributed by atoms with van der Waals surface area (Å²) in [5.74, 6) is 0.940. The highest BCUT2D eigenvalue weighted by atomic mass is 32.2. The summed E-state index contributed by atoms with van der Waals surface area (Å²) in [6, 6.07) is 11.4. The molecule has 2 aromatic heterocycles. The lowest BCUT2D eigenvalue weighted by molar-refractivity contribution is -0.113. The van der Waals surface area contributed by atoms with Gasteiger partial charge in [0.2, 0.25) is 17.0 Å². The first kappa shape index (κ1) is 14.2. The average Bonchev–Trinajstić information content (AvgIpc) is 3.04. The summed E-state index contributed by atoms with van der Waals surface area (Å²) in [5, 5.41) is 10.1. The van der Waals surface area contributed by atoms with Gasteiger partial charge in [0.15, 0.2) is 5.82 Å². The fourth-order valence-corrected chi connectivity index (χ4v) is 2.29. The average molecular weight is 312 g/mol. The molecule has 0 bridgehead atoms. The molecule has 0 spiro atoms. The van der Waals surface area contributed by atoms with Crippen LogP contribution in [0.3, 0.4) is 0 Å². The van der Waals surface area contributed by atoms with Gasteiger partial charge < -0.3 is 0 Å². The number of aromatic nitrogens is 5. The number of hydrogen-bond acceptors (Lipinski definition) is 6. The summed E-state index contributed by atoms with van der Waals surface area (Å²) in [5.41, 5.74) is 0.948. The first-order chi connectivity index (χ1) is 10.8. The van der Waals surface area contributed by atoms with Crippen molar-refractivity contribution >= 4 is 23.6 Å².